The van der Waals surface area contributed by atoms with Crippen LogP contribution in [0.2, 0.25) is 0 Å². The van der Waals surface area contributed by atoms with Crippen LogP contribution in [0, 0.1) is 5.92 Å². The number of carbonyl (C=O) groups is 2. The molecule has 3 aromatic carbocycles. The Morgan fingerprint density at radius 1 is 0.844 bits per heavy atom. The van der Waals surface area contributed by atoms with Gasteiger partial charge in [0.25, 0.3) is 0 Å². The number of esters is 1. The van der Waals surface area contributed by atoms with Gasteiger partial charge < -0.3 is 14.9 Å². The molecule has 0 radical (unpaired) electrons. The summed E-state index contributed by atoms with van der Waals surface area (Å²) in [5.41, 5.74) is 1.00. The first kappa shape index (κ1) is 21.6. The molecule has 0 bridgehead atoms. The number of rotatable bonds is 6. The topological polar surface area (TPSA) is 87.1 Å². The van der Waals surface area contributed by atoms with Crippen LogP contribution in [-0.2, 0) is 15.1 Å². The third-order valence-corrected chi connectivity index (χ3v) is 5.96. The average molecular weight is 431 g/mol. The molecule has 0 unspecified atom stereocenters. The van der Waals surface area contributed by atoms with Crippen LogP contribution >= 0.6 is 0 Å². The molecule has 2 N–H and O–H groups in total. The van der Waals surface area contributed by atoms with Crippen molar-refractivity contribution in [2.45, 2.75) is 18.1 Å². The van der Waals surface area contributed by atoms with Crippen LogP contribution in [0.25, 0.3) is 0 Å². The summed E-state index contributed by atoms with van der Waals surface area (Å²) in [4.78, 5) is 26.4. The molecule has 6 heteroatoms. The summed E-state index contributed by atoms with van der Waals surface area (Å²) in [5, 5.41) is 19.2. The molecule has 0 aromatic heterocycles. The minimum Gasteiger partial charge on any atom is -0.465 e. The van der Waals surface area contributed by atoms with Gasteiger partial charge in [-0.2, -0.15) is 0 Å². The van der Waals surface area contributed by atoms with E-state index in [4.69, 9.17) is 4.74 Å². The Morgan fingerprint density at radius 3 is 1.66 bits per heavy atom. The Bertz CT molecular complexity index is 959. The third-order valence-electron chi connectivity index (χ3n) is 5.96. The van der Waals surface area contributed by atoms with Crippen LogP contribution in [0.4, 0.5) is 4.79 Å². The van der Waals surface area contributed by atoms with Crippen molar-refractivity contribution in [2.75, 3.05) is 13.2 Å². The highest BCUT2D eigenvalue weighted by atomic mass is 16.6. The molecule has 1 saturated heterocycles. The molecule has 1 aliphatic heterocycles. The molecule has 164 valence electrons. The van der Waals surface area contributed by atoms with E-state index in [-0.39, 0.29) is 25.5 Å². The number of carboxylic acid groups (broad SMARTS) is 1. The summed E-state index contributed by atoms with van der Waals surface area (Å²) in [6.07, 6.45) is -0.983. The van der Waals surface area contributed by atoms with Crippen LogP contribution in [0.3, 0.4) is 0 Å². The average Bonchev–Trinajstić information content (AvgIpc) is 3.29. The first-order chi connectivity index (χ1) is 15.6. The summed E-state index contributed by atoms with van der Waals surface area (Å²) in [6, 6.07) is 27.3. The molecular weight excluding hydrogens is 406 g/mol. The van der Waals surface area contributed by atoms with E-state index in [2.05, 4.69) is 0 Å². The Hall–Kier alpha value is -3.64. The second-order valence-corrected chi connectivity index (χ2v) is 7.94. The van der Waals surface area contributed by atoms with E-state index < -0.39 is 23.7 Å². The first-order valence-corrected chi connectivity index (χ1v) is 10.6. The van der Waals surface area contributed by atoms with E-state index in [0.29, 0.717) is 0 Å². The zero-order valence-corrected chi connectivity index (χ0v) is 17.5. The third kappa shape index (κ3) is 3.97. The fourth-order valence-electron chi connectivity index (χ4n) is 4.40. The van der Waals surface area contributed by atoms with Crippen molar-refractivity contribution in [3.05, 3.63) is 108 Å². The minimum atomic E-state index is -1.26. The molecule has 3 aromatic rings. The zero-order valence-electron chi connectivity index (χ0n) is 17.5. The highest BCUT2D eigenvalue weighted by molar-refractivity contribution is 5.82. The molecule has 0 spiro atoms. The van der Waals surface area contributed by atoms with Gasteiger partial charge in [0.15, 0.2) is 5.60 Å². The molecule has 32 heavy (non-hydrogen) atoms. The fraction of sp³-hybridized carbons (Fsp3) is 0.231. The number of amides is 1. The largest absolute Gasteiger partial charge is 0.465 e. The molecule has 2 atom stereocenters. The summed E-state index contributed by atoms with van der Waals surface area (Å²) in [7, 11) is 0. The highest BCUT2D eigenvalue weighted by Crippen LogP contribution is 2.41. The highest BCUT2D eigenvalue weighted by Gasteiger charge is 2.46. The number of aliphatic hydroxyl groups excluding tert-OH is 1. The van der Waals surface area contributed by atoms with Crippen molar-refractivity contribution < 1.29 is 24.5 Å². The lowest BCUT2D eigenvalue weighted by molar-refractivity contribution is -0.158. The standard InChI is InChI=1S/C26H25NO5/c28-18-19-16-23(27(17-19)25(30)31)24(29)32-26(20-10-4-1-5-11-20,21-12-6-2-7-13-21)22-14-8-3-9-15-22/h1-15,19,23,28H,16-18H2,(H,30,31)/t19-,23-/m0/s1. The Balaban J connectivity index is 1.85. The van der Waals surface area contributed by atoms with Gasteiger partial charge in [-0.15, -0.1) is 0 Å². The quantitative estimate of drug-likeness (QED) is 0.457. The van der Waals surface area contributed by atoms with Crippen molar-refractivity contribution in [3.8, 4) is 0 Å². The van der Waals surface area contributed by atoms with E-state index in [1.807, 2.05) is 91.0 Å². The number of benzene rings is 3. The van der Waals surface area contributed by atoms with E-state index in [9.17, 15) is 19.8 Å². The van der Waals surface area contributed by atoms with Crippen LogP contribution in [0.5, 0.6) is 0 Å². The van der Waals surface area contributed by atoms with Gasteiger partial charge in [0.1, 0.15) is 6.04 Å². The van der Waals surface area contributed by atoms with Gasteiger partial charge >= 0.3 is 12.1 Å². The van der Waals surface area contributed by atoms with Crippen molar-refractivity contribution >= 4 is 12.1 Å². The number of hydrogen-bond donors (Lipinski definition) is 2. The molecular formula is C26H25NO5. The first-order valence-electron chi connectivity index (χ1n) is 10.6. The van der Waals surface area contributed by atoms with Crippen molar-refractivity contribution in [3.63, 3.8) is 0 Å². The molecule has 1 amide bonds. The van der Waals surface area contributed by atoms with E-state index in [1.165, 1.54) is 0 Å². The van der Waals surface area contributed by atoms with Crippen LogP contribution < -0.4 is 0 Å². The SMILES string of the molecule is O=C(OC(c1ccccc1)(c1ccccc1)c1ccccc1)[C@@H]1C[C@H](CO)CN1C(=O)O. The fourth-order valence-corrected chi connectivity index (χ4v) is 4.40. The second kappa shape index (κ2) is 9.24. The predicted molar refractivity (Wildman–Crippen MR) is 119 cm³/mol. The lowest BCUT2D eigenvalue weighted by Gasteiger charge is -2.36. The van der Waals surface area contributed by atoms with Gasteiger partial charge in [-0.3, -0.25) is 4.90 Å². The summed E-state index contributed by atoms with van der Waals surface area (Å²) in [5.74, 6) is -0.942. The van der Waals surface area contributed by atoms with Crippen molar-refractivity contribution in [1.82, 2.24) is 4.90 Å². The molecule has 1 aliphatic rings. The van der Waals surface area contributed by atoms with Gasteiger partial charge in [0.2, 0.25) is 0 Å². The minimum absolute atomic E-state index is 0.0978. The summed E-state index contributed by atoms with van der Waals surface area (Å²) in [6.45, 7) is -0.0879. The lowest BCUT2D eigenvalue weighted by atomic mass is 9.80. The number of hydrogen-bond acceptors (Lipinski definition) is 4. The number of aliphatic hydroxyl groups is 1. The maximum absolute atomic E-state index is 13.5. The molecule has 6 nitrogen and oxygen atoms in total. The van der Waals surface area contributed by atoms with Gasteiger partial charge in [-0.1, -0.05) is 91.0 Å². The van der Waals surface area contributed by atoms with Gasteiger partial charge in [0, 0.05) is 35.8 Å². The van der Waals surface area contributed by atoms with Gasteiger partial charge in [-0.05, 0) is 6.42 Å². The second-order valence-electron chi connectivity index (χ2n) is 7.94. The molecule has 1 heterocycles. The van der Waals surface area contributed by atoms with E-state index in [1.54, 1.807) is 0 Å². The summed E-state index contributed by atoms with van der Waals surface area (Å²) < 4.78 is 6.33. The molecule has 0 saturated carbocycles. The van der Waals surface area contributed by atoms with Gasteiger partial charge in [-0.25, -0.2) is 9.59 Å². The Morgan fingerprint density at radius 2 is 1.28 bits per heavy atom. The molecule has 0 aliphatic carbocycles. The van der Waals surface area contributed by atoms with Crippen molar-refractivity contribution in [1.29, 1.82) is 0 Å². The molecule has 4 rings (SSSR count). The maximum Gasteiger partial charge on any atom is 0.408 e. The normalized spacial score (nSPS) is 18.3. The van der Waals surface area contributed by atoms with Crippen LogP contribution in [0.15, 0.2) is 91.0 Å². The number of likely N-dealkylation sites (tertiary alicyclic amines) is 1. The predicted octanol–water partition coefficient (Wildman–Crippen LogP) is 3.88. The lowest BCUT2D eigenvalue weighted by Crippen LogP contribution is -2.45. The molecule has 1 fully saturated rings. The monoisotopic (exact) mass is 431 g/mol. The number of ether oxygens (including phenoxy) is 1. The van der Waals surface area contributed by atoms with Crippen LogP contribution in [0.1, 0.15) is 23.1 Å². The maximum atomic E-state index is 13.5. The Kier molecular flexibility index (Phi) is 6.23. The van der Waals surface area contributed by atoms with E-state index in [0.717, 1.165) is 21.6 Å². The number of carbonyl (C=O) groups excluding carboxylic acids is 1. The zero-order chi connectivity index (χ0) is 22.6. The van der Waals surface area contributed by atoms with E-state index >= 15 is 0 Å². The Labute approximate surface area is 186 Å². The van der Waals surface area contributed by atoms with Crippen molar-refractivity contribution in [2.24, 2.45) is 5.92 Å². The smallest absolute Gasteiger partial charge is 0.408 e. The number of nitrogens with zero attached hydrogens (tertiary/aromatic N) is 1. The van der Waals surface area contributed by atoms with Crippen LogP contribution in [-0.4, -0.2) is 46.4 Å². The summed E-state index contributed by atoms with van der Waals surface area (Å²) >= 11 is 0. The van der Waals surface area contributed by atoms with Gasteiger partial charge in [0.05, 0.1) is 0 Å².